The van der Waals surface area contributed by atoms with Crippen LogP contribution in [0.3, 0.4) is 0 Å². The van der Waals surface area contributed by atoms with Crippen LogP contribution >= 0.6 is 0 Å². The van der Waals surface area contributed by atoms with Gasteiger partial charge in [-0.1, -0.05) is 71.4 Å². The van der Waals surface area contributed by atoms with Crippen molar-refractivity contribution >= 4 is 0 Å². The smallest absolute Gasteiger partial charge is 0.0146 e. The van der Waals surface area contributed by atoms with Gasteiger partial charge in [-0.2, -0.15) is 0 Å². The second kappa shape index (κ2) is 10.1. The van der Waals surface area contributed by atoms with Crippen LogP contribution in [0.15, 0.2) is 12.1 Å². The van der Waals surface area contributed by atoms with Gasteiger partial charge in [0.25, 0.3) is 0 Å². The van der Waals surface area contributed by atoms with Gasteiger partial charge < -0.3 is 0 Å². The number of benzene rings is 1. The molecule has 1 aromatic carbocycles. The summed E-state index contributed by atoms with van der Waals surface area (Å²) in [5.41, 5.74) is 4.69. The Kier molecular flexibility index (Phi) is 8.62. The van der Waals surface area contributed by atoms with Crippen LogP contribution in [-0.2, 0) is 19.3 Å². The first-order valence-electron chi connectivity index (χ1n) is 8.34. The lowest BCUT2D eigenvalue weighted by Gasteiger charge is -2.14. The second-order valence-electron chi connectivity index (χ2n) is 5.62. The predicted molar refractivity (Wildman–Crippen MR) is 85.7 cm³/mol. The van der Waals surface area contributed by atoms with E-state index in [-0.39, 0.29) is 0 Å². The number of rotatable bonds is 10. The van der Waals surface area contributed by atoms with Crippen LogP contribution in [0.1, 0.15) is 82.4 Å². The molecule has 107 valence electrons. The molecule has 0 bridgehead atoms. The fourth-order valence-corrected chi connectivity index (χ4v) is 2.82. The summed E-state index contributed by atoms with van der Waals surface area (Å²) in [4.78, 5) is 0. The van der Waals surface area contributed by atoms with E-state index in [1.807, 2.05) is 0 Å². The maximum atomic E-state index is 3.51. The zero-order valence-corrected chi connectivity index (χ0v) is 13.2. The van der Waals surface area contributed by atoms with Gasteiger partial charge in [0.2, 0.25) is 0 Å². The van der Waals surface area contributed by atoms with Crippen LogP contribution in [0.5, 0.6) is 0 Å². The Morgan fingerprint density at radius 2 is 1.53 bits per heavy atom. The van der Waals surface area contributed by atoms with E-state index < -0.39 is 0 Å². The zero-order chi connectivity index (χ0) is 13.9. The summed E-state index contributed by atoms with van der Waals surface area (Å²) >= 11 is 0. The zero-order valence-electron chi connectivity index (χ0n) is 13.2. The van der Waals surface area contributed by atoms with Crippen molar-refractivity contribution in [2.45, 2.75) is 85.0 Å². The monoisotopic (exact) mass is 259 g/mol. The molecule has 0 aliphatic carbocycles. The molecule has 0 spiro atoms. The van der Waals surface area contributed by atoms with Crippen molar-refractivity contribution in [1.29, 1.82) is 0 Å². The first kappa shape index (κ1) is 16.3. The Hall–Kier alpha value is -0.780. The summed E-state index contributed by atoms with van der Waals surface area (Å²) in [6.45, 7) is 6.84. The summed E-state index contributed by atoms with van der Waals surface area (Å²) < 4.78 is 0. The molecule has 0 amide bonds. The lowest BCUT2D eigenvalue weighted by atomic mass is 9.92. The minimum atomic E-state index is 1.23. The summed E-state index contributed by atoms with van der Waals surface area (Å²) in [6, 6.07) is 7.94. The highest BCUT2D eigenvalue weighted by Gasteiger charge is 2.07. The van der Waals surface area contributed by atoms with E-state index in [4.69, 9.17) is 0 Å². The van der Waals surface area contributed by atoms with Crippen molar-refractivity contribution in [3.05, 3.63) is 34.9 Å². The lowest BCUT2D eigenvalue weighted by Crippen LogP contribution is -2.01. The van der Waals surface area contributed by atoms with Gasteiger partial charge in [-0.05, 0) is 48.4 Å². The lowest BCUT2D eigenvalue weighted by molar-refractivity contribution is 0.629. The molecule has 0 nitrogen and oxygen atoms in total. The molecule has 0 N–H and O–H groups in total. The second-order valence-corrected chi connectivity index (χ2v) is 5.62. The van der Waals surface area contributed by atoms with E-state index >= 15 is 0 Å². The molecule has 1 aromatic rings. The van der Waals surface area contributed by atoms with Gasteiger partial charge in [-0.3, -0.25) is 0 Å². The largest absolute Gasteiger partial charge is 0.0654 e. The molecule has 0 saturated heterocycles. The Balaban J connectivity index is 2.61. The average Bonchev–Trinajstić information content (AvgIpc) is 2.42. The molecule has 1 radical (unpaired) electrons. The van der Waals surface area contributed by atoms with Crippen LogP contribution < -0.4 is 0 Å². The van der Waals surface area contributed by atoms with Crippen molar-refractivity contribution in [3.63, 3.8) is 0 Å². The molecule has 0 aromatic heterocycles. The first-order chi connectivity index (χ1) is 9.33. The summed E-state index contributed by atoms with van der Waals surface area (Å²) in [5.74, 6) is 0. The van der Waals surface area contributed by atoms with Gasteiger partial charge in [0.05, 0.1) is 0 Å². The van der Waals surface area contributed by atoms with Crippen molar-refractivity contribution < 1.29 is 0 Å². The molecule has 0 aliphatic rings. The number of hydrogen-bond donors (Lipinski definition) is 0. The standard InChI is InChI=1S/C19H31/c1-4-7-8-9-10-14-18-16-11-15-17(12-5-2)19(18)13-6-3/h11,15H,4-10,12-14H2,1-3H3. The normalized spacial score (nSPS) is 10.9. The third-order valence-corrected chi connectivity index (χ3v) is 3.84. The van der Waals surface area contributed by atoms with E-state index in [1.165, 1.54) is 69.8 Å². The number of unbranched alkanes of at least 4 members (excludes halogenated alkanes) is 4. The molecule has 0 aliphatic heterocycles. The van der Waals surface area contributed by atoms with Crippen molar-refractivity contribution in [2.75, 3.05) is 0 Å². The van der Waals surface area contributed by atoms with E-state index in [2.05, 4.69) is 39.0 Å². The van der Waals surface area contributed by atoms with Crippen LogP contribution in [0.4, 0.5) is 0 Å². The molecule has 0 heterocycles. The highest BCUT2D eigenvalue weighted by Crippen LogP contribution is 2.20. The Labute approximate surface area is 120 Å². The Bertz CT molecular complexity index is 338. The molecule has 0 saturated carbocycles. The Morgan fingerprint density at radius 1 is 0.789 bits per heavy atom. The van der Waals surface area contributed by atoms with Gasteiger partial charge in [-0.15, -0.1) is 0 Å². The van der Waals surface area contributed by atoms with Gasteiger partial charge in [0.1, 0.15) is 0 Å². The molecule has 1 rings (SSSR count). The molecular weight excluding hydrogens is 228 g/mol. The number of hydrogen-bond acceptors (Lipinski definition) is 0. The fraction of sp³-hybridized carbons (Fsp3) is 0.684. The van der Waals surface area contributed by atoms with Crippen molar-refractivity contribution in [2.24, 2.45) is 0 Å². The predicted octanol–water partition coefficient (Wildman–Crippen LogP) is 5.90. The quantitative estimate of drug-likeness (QED) is 0.459. The van der Waals surface area contributed by atoms with Crippen molar-refractivity contribution in [1.82, 2.24) is 0 Å². The average molecular weight is 259 g/mol. The van der Waals surface area contributed by atoms with Gasteiger partial charge in [-0.25, -0.2) is 0 Å². The summed E-state index contributed by atoms with van der Waals surface area (Å²) in [7, 11) is 0. The van der Waals surface area contributed by atoms with Gasteiger partial charge in [0, 0.05) is 0 Å². The first-order valence-corrected chi connectivity index (χ1v) is 8.34. The van der Waals surface area contributed by atoms with Crippen molar-refractivity contribution in [3.8, 4) is 0 Å². The SMILES string of the molecule is CCCCCCCc1[c]ccc(CCC)c1CCC. The third-order valence-electron chi connectivity index (χ3n) is 3.84. The molecular formula is C19H31. The van der Waals surface area contributed by atoms with E-state index in [0.717, 1.165) is 0 Å². The van der Waals surface area contributed by atoms with Crippen LogP contribution in [0.2, 0.25) is 0 Å². The molecule has 0 fully saturated rings. The molecule has 0 unspecified atom stereocenters. The van der Waals surface area contributed by atoms with Crippen LogP contribution in [0.25, 0.3) is 0 Å². The fourth-order valence-electron chi connectivity index (χ4n) is 2.82. The molecule has 0 atom stereocenters. The summed E-state index contributed by atoms with van der Waals surface area (Å²) in [5, 5.41) is 0. The highest BCUT2D eigenvalue weighted by atomic mass is 14.1. The van der Waals surface area contributed by atoms with Crippen LogP contribution in [0, 0.1) is 6.07 Å². The topological polar surface area (TPSA) is 0 Å². The maximum absolute atomic E-state index is 3.51. The van der Waals surface area contributed by atoms with Gasteiger partial charge >= 0.3 is 0 Å². The molecule has 0 heteroatoms. The van der Waals surface area contributed by atoms with E-state index in [0.29, 0.717) is 0 Å². The molecule has 19 heavy (non-hydrogen) atoms. The third kappa shape index (κ3) is 5.80. The van der Waals surface area contributed by atoms with E-state index in [1.54, 1.807) is 11.1 Å². The highest BCUT2D eigenvalue weighted by molar-refractivity contribution is 5.35. The van der Waals surface area contributed by atoms with E-state index in [9.17, 15) is 0 Å². The minimum absolute atomic E-state index is 1.23. The summed E-state index contributed by atoms with van der Waals surface area (Å²) in [6.07, 6.45) is 13.0. The Morgan fingerprint density at radius 3 is 2.21 bits per heavy atom. The number of aryl methyl sites for hydroxylation is 2. The maximum Gasteiger partial charge on any atom is -0.0146 e. The van der Waals surface area contributed by atoms with Crippen LogP contribution in [-0.4, -0.2) is 0 Å². The van der Waals surface area contributed by atoms with Gasteiger partial charge in [0.15, 0.2) is 0 Å². The minimum Gasteiger partial charge on any atom is -0.0654 e.